The van der Waals surface area contributed by atoms with Crippen LogP contribution in [0.25, 0.3) is 0 Å². The van der Waals surface area contributed by atoms with Gasteiger partial charge in [-0.2, -0.15) is 0 Å². The van der Waals surface area contributed by atoms with E-state index in [0.717, 1.165) is 25.2 Å². The fourth-order valence-electron chi connectivity index (χ4n) is 4.22. The number of anilines is 1. The van der Waals surface area contributed by atoms with Crippen molar-refractivity contribution in [3.8, 4) is 11.5 Å². The molecule has 0 aromatic heterocycles. The summed E-state index contributed by atoms with van der Waals surface area (Å²) in [6.45, 7) is 3.63. The molecule has 3 N–H and O–H groups in total. The lowest BCUT2D eigenvalue weighted by Crippen LogP contribution is -2.38. The van der Waals surface area contributed by atoms with Gasteiger partial charge in [0.15, 0.2) is 0 Å². The molecule has 4 rings (SSSR count). The number of hydrogen-bond acceptors (Lipinski definition) is 4. The molecule has 1 saturated heterocycles. The molecule has 1 unspecified atom stereocenters. The van der Waals surface area contributed by atoms with Crippen molar-refractivity contribution in [3.63, 3.8) is 0 Å². The first-order valence-corrected chi connectivity index (χ1v) is 12.9. The monoisotopic (exact) mass is 516 g/mol. The standard InChI is InChI=1S/C30H33FN4O3/c31-24-8-13-27(14-9-24)38-28-15-10-25(11-16-28)33-30(37)34-26(22-23-6-2-1-3-7-23)12-17-29(36)32-18-21-35-19-4-5-20-35/h1-3,6-17,26H,4-5,18-22H2,(H,32,36)(H2,33,34,37)/b17-12+. The van der Waals surface area contributed by atoms with Crippen molar-refractivity contribution >= 4 is 17.6 Å². The van der Waals surface area contributed by atoms with E-state index in [-0.39, 0.29) is 17.8 Å². The van der Waals surface area contributed by atoms with Gasteiger partial charge in [-0.1, -0.05) is 36.4 Å². The minimum absolute atomic E-state index is 0.179. The van der Waals surface area contributed by atoms with E-state index >= 15 is 0 Å². The van der Waals surface area contributed by atoms with E-state index in [1.165, 1.54) is 31.1 Å². The summed E-state index contributed by atoms with van der Waals surface area (Å²) in [6.07, 6.45) is 6.18. The van der Waals surface area contributed by atoms with E-state index in [0.29, 0.717) is 30.2 Å². The Morgan fingerprint density at radius 3 is 2.26 bits per heavy atom. The summed E-state index contributed by atoms with van der Waals surface area (Å²) in [5.74, 6) is 0.561. The number of urea groups is 1. The van der Waals surface area contributed by atoms with Gasteiger partial charge in [0, 0.05) is 24.9 Å². The van der Waals surface area contributed by atoms with Crippen molar-refractivity contribution in [2.45, 2.75) is 25.3 Å². The Hall–Kier alpha value is -4.17. The number of likely N-dealkylation sites (tertiary alicyclic amines) is 1. The zero-order chi connectivity index (χ0) is 26.6. The smallest absolute Gasteiger partial charge is 0.319 e. The first-order chi connectivity index (χ1) is 18.5. The Balaban J connectivity index is 1.30. The van der Waals surface area contributed by atoms with Crippen LogP contribution in [-0.4, -0.2) is 49.1 Å². The van der Waals surface area contributed by atoms with Gasteiger partial charge in [-0.25, -0.2) is 9.18 Å². The molecule has 0 spiro atoms. The molecular weight excluding hydrogens is 483 g/mol. The molecule has 1 aliphatic heterocycles. The minimum atomic E-state index is -0.391. The van der Waals surface area contributed by atoms with Gasteiger partial charge in [0.1, 0.15) is 17.3 Å². The van der Waals surface area contributed by atoms with E-state index in [4.69, 9.17) is 4.74 Å². The second-order valence-electron chi connectivity index (χ2n) is 9.17. The molecule has 8 heteroatoms. The maximum atomic E-state index is 13.1. The number of nitrogens with zero attached hydrogens (tertiary/aromatic N) is 1. The van der Waals surface area contributed by atoms with Crippen LogP contribution in [0.1, 0.15) is 18.4 Å². The van der Waals surface area contributed by atoms with Crippen LogP contribution in [0.2, 0.25) is 0 Å². The average Bonchev–Trinajstić information content (AvgIpc) is 3.44. The molecule has 0 radical (unpaired) electrons. The number of rotatable bonds is 11. The van der Waals surface area contributed by atoms with E-state index in [1.54, 1.807) is 42.5 Å². The summed E-state index contributed by atoms with van der Waals surface area (Å²) >= 11 is 0. The van der Waals surface area contributed by atoms with E-state index < -0.39 is 6.03 Å². The number of carbonyl (C=O) groups excluding carboxylic acids is 2. The topological polar surface area (TPSA) is 82.7 Å². The number of halogens is 1. The van der Waals surface area contributed by atoms with Crippen molar-refractivity contribution in [2.24, 2.45) is 0 Å². The molecule has 1 aliphatic rings. The maximum Gasteiger partial charge on any atom is 0.319 e. The van der Waals surface area contributed by atoms with Crippen LogP contribution in [0.3, 0.4) is 0 Å². The van der Waals surface area contributed by atoms with Gasteiger partial charge in [0.2, 0.25) is 5.91 Å². The average molecular weight is 517 g/mol. The highest BCUT2D eigenvalue weighted by molar-refractivity contribution is 5.90. The second-order valence-corrected chi connectivity index (χ2v) is 9.17. The van der Waals surface area contributed by atoms with Crippen LogP contribution in [-0.2, 0) is 11.2 Å². The highest BCUT2D eigenvalue weighted by atomic mass is 19.1. The molecular formula is C30H33FN4O3. The van der Waals surface area contributed by atoms with Gasteiger partial charge in [-0.15, -0.1) is 0 Å². The van der Waals surface area contributed by atoms with Gasteiger partial charge in [-0.05, 0) is 86.4 Å². The number of carbonyl (C=O) groups is 2. The Morgan fingerprint density at radius 2 is 1.58 bits per heavy atom. The molecule has 3 aromatic carbocycles. The lowest BCUT2D eigenvalue weighted by Gasteiger charge is -2.17. The molecule has 3 aromatic rings. The fourth-order valence-corrected chi connectivity index (χ4v) is 4.22. The summed E-state index contributed by atoms with van der Waals surface area (Å²) in [4.78, 5) is 27.5. The Bertz CT molecular complexity index is 1190. The van der Waals surface area contributed by atoms with Crippen molar-refractivity contribution in [1.82, 2.24) is 15.5 Å². The predicted octanol–water partition coefficient (Wildman–Crippen LogP) is 5.12. The van der Waals surface area contributed by atoms with Gasteiger partial charge in [0.05, 0.1) is 6.04 Å². The van der Waals surface area contributed by atoms with Gasteiger partial charge in [0.25, 0.3) is 0 Å². The van der Waals surface area contributed by atoms with Crippen molar-refractivity contribution in [3.05, 3.63) is 102 Å². The van der Waals surface area contributed by atoms with Gasteiger partial charge >= 0.3 is 6.03 Å². The number of nitrogens with one attached hydrogen (secondary N) is 3. The van der Waals surface area contributed by atoms with Crippen LogP contribution < -0.4 is 20.7 Å². The zero-order valence-electron chi connectivity index (χ0n) is 21.2. The normalized spacial score (nSPS) is 14.2. The third-order valence-electron chi connectivity index (χ3n) is 6.18. The van der Waals surface area contributed by atoms with Crippen LogP contribution in [0.4, 0.5) is 14.9 Å². The molecule has 0 aliphatic carbocycles. The lowest BCUT2D eigenvalue weighted by atomic mass is 10.1. The first kappa shape index (κ1) is 26.9. The highest BCUT2D eigenvalue weighted by Gasteiger charge is 2.13. The summed E-state index contributed by atoms with van der Waals surface area (Å²) in [7, 11) is 0. The van der Waals surface area contributed by atoms with Crippen LogP contribution >= 0.6 is 0 Å². The molecule has 198 valence electrons. The third kappa shape index (κ3) is 9.05. The summed E-state index contributed by atoms with van der Waals surface area (Å²) in [6, 6.07) is 21.6. The van der Waals surface area contributed by atoms with E-state index in [2.05, 4.69) is 20.9 Å². The zero-order valence-corrected chi connectivity index (χ0v) is 21.2. The predicted molar refractivity (Wildman–Crippen MR) is 147 cm³/mol. The molecule has 1 atom stereocenters. The van der Waals surface area contributed by atoms with Gasteiger partial charge < -0.3 is 25.6 Å². The van der Waals surface area contributed by atoms with Crippen LogP contribution in [0.15, 0.2) is 91.0 Å². The molecule has 3 amide bonds. The minimum Gasteiger partial charge on any atom is -0.457 e. The Labute approximate surface area is 222 Å². The number of hydrogen-bond donors (Lipinski definition) is 3. The first-order valence-electron chi connectivity index (χ1n) is 12.9. The quantitative estimate of drug-likeness (QED) is 0.309. The summed E-state index contributed by atoms with van der Waals surface area (Å²) in [5.41, 5.74) is 1.62. The number of amides is 3. The molecule has 38 heavy (non-hydrogen) atoms. The van der Waals surface area contributed by atoms with Crippen molar-refractivity contribution in [1.29, 1.82) is 0 Å². The SMILES string of the molecule is O=C(/C=C/C(Cc1ccccc1)NC(=O)Nc1ccc(Oc2ccc(F)cc2)cc1)NCCN1CCCC1. The van der Waals surface area contributed by atoms with Crippen LogP contribution in [0.5, 0.6) is 11.5 Å². The fraction of sp³-hybridized carbons (Fsp3) is 0.267. The number of benzene rings is 3. The third-order valence-corrected chi connectivity index (χ3v) is 6.18. The van der Waals surface area contributed by atoms with E-state index in [1.807, 2.05) is 30.3 Å². The van der Waals surface area contributed by atoms with Gasteiger partial charge in [-0.3, -0.25) is 4.79 Å². The summed E-state index contributed by atoms with van der Waals surface area (Å²) in [5, 5.41) is 8.67. The van der Waals surface area contributed by atoms with Crippen molar-refractivity contribution < 1.29 is 18.7 Å². The molecule has 0 saturated carbocycles. The summed E-state index contributed by atoms with van der Waals surface area (Å²) < 4.78 is 18.8. The second kappa shape index (κ2) is 13.9. The van der Waals surface area contributed by atoms with Crippen molar-refractivity contribution in [2.75, 3.05) is 31.5 Å². The molecule has 1 heterocycles. The Morgan fingerprint density at radius 1 is 0.921 bits per heavy atom. The molecule has 0 bridgehead atoms. The number of ether oxygens (including phenoxy) is 1. The highest BCUT2D eigenvalue weighted by Crippen LogP contribution is 2.23. The van der Waals surface area contributed by atoms with Crippen LogP contribution in [0, 0.1) is 5.82 Å². The largest absolute Gasteiger partial charge is 0.457 e. The molecule has 1 fully saturated rings. The molecule has 7 nitrogen and oxygen atoms in total. The lowest BCUT2D eigenvalue weighted by molar-refractivity contribution is -0.116. The maximum absolute atomic E-state index is 13.1. The Kier molecular flexibility index (Phi) is 9.87. The van der Waals surface area contributed by atoms with E-state index in [9.17, 15) is 14.0 Å².